The summed E-state index contributed by atoms with van der Waals surface area (Å²) >= 11 is 0. The van der Waals surface area contributed by atoms with Gasteiger partial charge in [0, 0.05) is 37.2 Å². The molecule has 0 saturated carbocycles. The maximum atomic E-state index is 13.3. The Morgan fingerprint density at radius 1 is 1.00 bits per heavy atom. The van der Waals surface area contributed by atoms with E-state index in [0.29, 0.717) is 43.6 Å². The number of hydrogen-bond acceptors (Lipinski definition) is 5. The van der Waals surface area contributed by atoms with E-state index in [1.165, 1.54) is 4.90 Å². The predicted octanol–water partition coefficient (Wildman–Crippen LogP) is 2.89. The van der Waals surface area contributed by atoms with Crippen molar-refractivity contribution in [2.75, 3.05) is 6.54 Å². The van der Waals surface area contributed by atoms with Crippen LogP contribution in [0.4, 0.5) is 0 Å². The fraction of sp³-hybridized carbons (Fsp3) is 0.360. The van der Waals surface area contributed by atoms with E-state index in [0.717, 1.165) is 24.0 Å². The highest BCUT2D eigenvalue weighted by atomic mass is 16.2. The number of imide groups is 2. The van der Waals surface area contributed by atoms with Crippen molar-refractivity contribution in [3.63, 3.8) is 0 Å². The number of carbonyl (C=O) groups is 4. The van der Waals surface area contributed by atoms with E-state index in [9.17, 15) is 19.2 Å². The second-order valence-corrected chi connectivity index (χ2v) is 8.34. The van der Waals surface area contributed by atoms with E-state index in [1.807, 2.05) is 30.0 Å². The Balaban J connectivity index is 1.53. The molecule has 7 heteroatoms. The van der Waals surface area contributed by atoms with Gasteiger partial charge < -0.3 is 0 Å². The zero-order valence-electron chi connectivity index (χ0n) is 18.2. The highest BCUT2D eigenvalue weighted by Crippen LogP contribution is 2.28. The monoisotopic (exact) mass is 433 g/mol. The molecule has 0 spiro atoms. The number of piperidine rings is 1. The van der Waals surface area contributed by atoms with E-state index in [1.54, 1.807) is 30.3 Å². The summed E-state index contributed by atoms with van der Waals surface area (Å²) in [4.78, 5) is 53.4. The lowest BCUT2D eigenvalue weighted by Crippen LogP contribution is -2.50. The van der Waals surface area contributed by atoms with Crippen LogP contribution in [0.25, 0.3) is 0 Å². The SMILES string of the molecule is CCCCN(C(=O)c1ccccc1)C(=O)c1ccc2c(c1)CN(C1CCC(=O)NC1=O)C2. The Bertz CT molecular complexity index is 1050. The first-order valence-electron chi connectivity index (χ1n) is 11.1. The van der Waals surface area contributed by atoms with Gasteiger partial charge in [-0.25, -0.2) is 0 Å². The summed E-state index contributed by atoms with van der Waals surface area (Å²) in [5, 5.41) is 2.41. The number of fused-ring (bicyclic) bond motifs is 1. The second kappa shape index (κ2) is 9.44. The highest BCUT2D eigenvalue weighted by Gasteiger charge is 2.35. The Kier molecular flexibility index (Phi) is 6.46. The molecule has 2 aliphatic heterocycles. The maximum Gasteiger partial charge on any atom is 0.260 e. The van der Waals surface area contributed by atoms with Crippen molar-refractivity contribution in [2.45, 2.75) is 51.7 Å². The van der Waals surface area contributed by atoms with Gasteiger partial charge in [-0.15, -0.1) is 0 Å². The van der Waals surface area contributed by atoms with Crippen molar-refractivity contribution in [3.05, 3.63) is 70.8 Å². The van der Waals surface area contributed by atoms with Crippen LogP contribution in [-0.4, -0.2) is 46.0 Å². The van der Waals surface area contributed by atoms with Crippen LogP contribution in [0.5, 0.6) is 0 Å². The molecule has 4 amide bonds. The smallest absolute Gasteiger partial charge is 0.260 e. The average molecular weight is 434 g/mol. The standard InChI is InChI=1S/C25H27N3O4/c1-2-3-13-28(24(31)17-7-5-4-6-8-17)25(32)18-9-10-19-15-27(16-20(19)14-18)21-11-12-22(29)26-23(21)30/h4-10,14,21H,2-3,11-13,15-16H2,1H3,(H,26,29,30). The third-order valence-corrected chi connectivity index (χ3v) is 6.10. The summed E-state index contributed by atoms with van der Waals surface area (Å²) in [7, 11) is 0. The lowest BCUT2D eigenvalue weighted by molar-refractivity contribution is -0.137. The van der Waals surface area contributed by atoms with Gasteiger partial charge in [-0.05, 0) is 48.2 Å². The van der Waals surface area contributed by atoms with Gasteiger partial charge in [0.25, 0.3) is 11.8 Å². The minimum Gasteiger partial charge on any atom is -0.295 e. The minimum atomic E-state index is -0.347. The first-order valence-corrected chi connectivity index (χ1v) is 11.1. The van der Waals surface area contributed by atoms with Crippen molar-refractivity contribution in [1.82, 2.24) is 15.1 Å². The van der Waals surface area contributed by atoms with E-state index in [4.69, 9.17) is 0 Å². The molecule has 2 heterocycles. The van der Waals surface area contributed by atoms with Crippen LogP contribution < -0.4 is 5.32 Å². The zero-order chi connectivity index (χ0) is 22.7. The van der Waals surface area contributed by atoms with Crippen molar-refractivity contribution >= 4 is 23.6 Å². The van der Waals surface area contributed by atoms with Gasteiger partial charge in [0.2, 0.25) is 11.8 Å². The van der Waals surface area contributed by atoms with Crippen LogP contribution in [0.1, 0.15) is 64.4 Å². The van der Waals surface area contributed by atoms with Crippen LogP contribution in [0, 0.1) is 0 Å². The summed E-state index contributed by atoms with van der Waals surface area (Å²) in [5.41, 5.74) is 2.99. The lowest BCUT2D eigenvalue weighted by atomic mass is 10.0. The molecular formula is C25H27N3O4. The summed E-state index contributed by atoms with van der Waals surface area (Å²) < 4.78 is 0. The van der Waals surface area contributed by atoms with Crippen LogP contribution in [-0.2, 0) is 22.7 Å². The molecule has 4 rings (SSSR count). The van der Waals surface area contributed by atoms with Crippen molar-refractivity contribution in [3.8, 4) is 0 Å². The van der Waals surface area contributed by atoms with Crippen molar-refractivity contribution in [2.24, 2.45) is 0 Å². The number of hydrogen-bond donors (Lipinski definition) is 1. The average Bonchev–Trinajstić information content (AvgIpc) is 3.22. The fourth-order valence-electron chi connectivity index (χ4n) is 4.31. The summed E-state index contributed by atoms with van der Waals surface area (Å²) in [6.07, 6.45) is 2.44. The molecule has 1 saturated heterocycles. The summed E-state index contributed by atoms with van der Waals surface area (Å²) in [6, 6.07) is 14.0. The molecule has 0 aromatic heterocycles. The number of amides is 4. The first-order chi connectivity index (χ1) is 15.5. The summed E-state index contributed by atoms with van der Waals surface area (Å²) in [5.74, 6) is -1.10. The number of carbonyl (C=O) groups excluding carboxylic acids is 4. The van der Waals surface area contributed by atoms with Crippen LogP contribution in [0.15, 0.2) is 48.5 Å². The number of benzene rings is 2. The molecule has 1 fully saturated rings. The molecule has 0 aliphatic carbocycles. The molecule has 32 heavy (non-hydrogen) atoms. The van der Waals surface area contributed by atoms with E-state index >= 15 is 0 Å². The molecule has 2 aliphatic rings. The largest absolute Gasteiger partial charge is 0.295 e. The predicted molar refractivity (Wildman–Crippen MR) is 119 cm³/mol. The molecule has 7 nitrogen and oxygen atoms in total. The normalized spacial score (nSPS) is 18.2. The van der Waals surface area contributed by atoms with Crippen LogP contribution in [0.2, 0.25) is 0 Å². The van der Waals surface area contributed by atoms with Gasteiger partial charge in [0.05, 0.1) is 6.04 Å². The fourth-order valence-corrected chi connectivity index (χ4v) is 4.31. The first kappa shape index (κ1) is 21.9. The molecule has 1 N–H and O–H groups in total. The molecular weight excluding hydrogens is 406 g/mol. The topological polar surface area (TPSA) is 86.8 Å². The molecule has 2 aromatic carbocycles. The van der Waals surface area contributed by atoms with Crippen molar-refractivity contribution < 1.29 is 19.2 Å². The molecule has 0 radical (unpaired) electrons. The Labute approximate surface area is 187 Å². The molecule has 0 bridgehead atoms. The minimum absolute atomic E-state index is 0.230. The van der Waals surface area contributed by atoms with Crippen LogP contribution >= 0.6 is 0 Å². The van der Waals surface area contributed by atoms with Gasteiger partial charge >= 0.3 is 0 Å². The number of rotatable bonds is 6. The van der Waals surface area contributed by atoms with Crippen molar-refractivity contribution in [1.29, 1.82) is 0 Å². The van der Waals surface area contributed by atoms with Gasteiger partial charge in [0.15, 0.2) is 0 Å². The Morgan fingerprint density at radius 2 is 1.72 bits per heavy atom. The second-order valence-electron chi connectivity index (χ2n) is 8.34. The summed E-state index contributed by atoms with van der Waals surface area (Å²) in [6.45, 7) is 3.51. The molecule has 166 valence electrons. The third kappa shape index (κ3) is 4.48. The van der Waals surface area contributed by atoms with Gasteiger partial charge in [-0.2, -0.15) is 0 Å². The highest BCUT2D eigenvalue weighted by molar-refractivity contribution is 6.10. The number of nitrogens with zero attached hydrogens (tertiary/aromatic N) is 2. The van der Waals surface area contributed by atoms with Crippen LogP contribution in [0.3, 0.4) is 0 Å². The molecule has 1 unspecified atom stereocenters. The van der Waals surface area contributed by atoms with E-state index < -0.39 is 0 Å². The molecule has 1 atom stereocenters. The quantitative estimate of drug-likeness (QED) is 0.708. The Hall–Kier alpha value is -3.32. The zero-order valence-corrected chi connectivity index (χ0v) is 18.2. The Morgan fingerprint density at radius 3 is 2.44 bits per heavy atom. The van der Waals surface area contributed by atoms with E-state index in [2.05, 4.69) is 5.32 Å². The van der Waals surface area contributed by atoms with Gasteiger partial charge in [-0.1, -0.05) is 37.6 Å². The number of unbranched alkanes of at least 4 members (excludes halogenated alkanes) is 1. The maximum absolute atomic E-state index is 13.3. The van der Waals surface area contributed by atoms with E-state index in [-0.39, 0.29) is 29.7 Å². The van der Waals surface area contributed by atoms with Gasteiger partial charge in [0.1, 0.15) is 0 Å². The number of nitrogens with one attached hydrogen (secondary N) is 1. The lowest BCUT2D eigenvalue weighted by Gasteiger charge is -2.29. The van der Waals surface area contributed by atoms with Gasteiger partial charge in [-0.3, -0.25) is 34.3 Å². The third-order valence-electron chi connectivity index (χ3n) is 6.10. The molecule has 2 aromatic rings.